The first-order valence-electron chi connectivity index (χ1n) is 7.74. The fourth-order valence-electron chi connectivity index (χ4n) is 2.41. The van der Waals surface area contributed by atoms with Crippen LogP contribution in [-0.4, -0.2) is 27.1 Å². The molecule has 0 atom stereocenters. The zero-order valence-electron chi connectivity index (χ0n) is 14.4. The summed E-state index contributed by atoms with van der Waals surface area (Å²) in [6.45, 7) is 3.31. The van der Waals surface area contributed by atoms with E-state index in [-0.39, 0.29) is 13.1 Å². The van der Waals surface area contributed by atoms with Gasteiger partial charge in [-0.05, 0) is 37.1 Å². The van der Waals surface area contributed by atoms with Crippen molar-refractivity contribution in [1.29, 1.82) is 0 Å². The Labute approximate surface area is 147 Å². The molecular formula is C18H21FN2O3S. The lowest BCUT2D eigenvalue weighted by Crippen LogP contribution is -2.40. The van der Waals surface area contributed by atoms with E-state index in [0.29, 0.717) is 11.3 Å². The smallest absolute Gasteiger partial charge is 0.241 e. The fraction of sp³-hybridized carbons (Fsp3) is 0.278. The zero-order chi connectivity index (χ0) is 18.6. The number of nitrogens with zero attached hydrogens (tertiary/aromatic N) is 1. The van der Waals surface area contributed by atoms with Gasteiger partial charge in [-0.1, -0.05) is 30.3 Å². The first-order chi connectivity index (χ1) is 11.7. The minimum atomic E-state index is -3.64. The van der Waals surface area contributed by atoms with Crippen LogP contribution in [0.4, 0.5) is 10.1 Å². The molecule has 0 saturated carbocycles. The van der Waals surface area contributed by atoms with Gasteiger partial charge in [0, 0.05) is 12.1 Å². The molecule has 0 aliphatic carbocycles. The van der Waals surface area contributed by atoms with Crippen molar-refractivity contribution >= 4 is 21.6 Å². The van der Waals surface area contributed by atoms with E-state index in [2.05, 4.69) is 5.32 Å². The first-order valence-corrected chi connectivity index (χ1v) is 9.59. The number of hydrogen-bond acceptors (Lipinski definition) is 3. The molecule has 0 aliphatic rings. The molecule has 2 aromatic rings. The second-order valence-electron chi connectivity index (χ2n) is 5.86. The zero-order valence-corrected chi connectivity index (χ0v) is 15.2. The van der Waals surface area contributed by atoms with Gasteiger partial charge in [0.05, 0.1) is 11.9 Å². The Morgan fingerprint density at radius 3 is 2.44 bits per heavy atom. The normalized spacial score (nSPS) is 11.2. The van der Waals surface area contributed by atoms with Gasteiger partial charge in [0.15, 0.2) is 0 Å². The van der Waals surface area contributed by atoms with Crippen LogP contribution in [-0.2, 0) is 21.4 Å². The number of anilines is 1. The van der Waals surface area contributed by atoms with Gasteiger partial charge >= 0.3 is 0 Å². The molecule has 0 unspecified atom stereocenters. The summed E-state index contributed by atoms with van der Waals surface area (Å²) in [5.74, 6) is -0.924. The first kappa shape index (κ1) is 18.9. The van der Waals surface area contributed by atoms with Crippen LogP contribution >= 0.6 is 0 Å². The molecule has 0 aromatic heterocycles. The number of carbonyl (C=O) groups is 1. The Bertz CT molecular complexity index is 882. The van der Waals surface area contributed by atoms with Gasteiger partial charge in [-0.3, -0.25) is 9.10 Å². The molecule has 0 spiro atoms. The second kappa shape index (κ2) is 7.65. The van der Waals surface area contributed by atoms with Crippen LogP contribution < -0.4 is 9.62 Å². The summed E-state index contributed by atoms with van der Waals surface area (Å²) in [5.41, 5.74) is 2.52. The summed E-state index contributed by atoms with van der Waals surface area (Å²) in [6, 6.07) is 11.4. The monoisotopic (exact) mass is 364 g/mol. The Balaban J connectivity index is 2.17. The van der Waals surface area contributed by atoms with E-state index in [9.17, 15) is 17.6 Å². The minimum Gasteiger partial charge on any atom is -0.350 e. The highest BCUT2D eigenvalue weighted by molar-refractivity contribution is 7.92. The van der Waals surface area contributed by atoms with Crippen LogP contribution in [0.5, 0.6) is 0 Å². The number of benzene rings is 2. The minimum absolute atomic E-state index is 0.00406. The lowest BCUT2D eigenvalue weighted by molar-refractivity contribution is -0.119. The fourth-order valence-corrected chi connectivity index (χ4v) is 3.32. The molecule has 7 heteroatoms. The maximum atomic E-state index is 13.6. The van der Waals surface area contributed by atoms with E-state index in [4.69, 9.17) is 0 Å². The molecule has 0 radical (unpaired) electrons. The van der Waals surface area contributed by atoms with Crippen LogP contribution in [0.1, 0.15) is 16.7 Å². The molecule has 0 aliphatic heterocycles. The Hall–Kier alpha value is -2.41. The number of sulfonamides is 1. The quantitative estimate of drug-likeness (QED) is 0.857. The highest BCUT2D eigenvalue weighted by Crippen LogP contribution is 2.24. The summed E-state index contributed by atoms with van der Waals surface area (Å²) in [6.07, 6.45) is 1.05. The van der Waals surface area contributed by atoms with E-state index in [1.807, 2.05) is 13.0 Å². The third-order valence-corrected chi connectivity index (χ3v) is 5.09. The number of halogens is 1. The molecule has 0 bridgehead atoms. The van der Waals surface area contributed by atoms with Gasteiger partial charge in [-0.2, -0.15) is 0 Å². The molecule has 134 valence electrons. The summed E-state index contributed by atoms with van der Waals surface area (Å²) < 4.78 is 38.9. The molecule has 2 rings (SSSR count). The van der Waals surface area contributed by atoms with Crippen molar-refractivity contribution in [2.24, 2.45) is 0 Å². The van der Waals surface area contributed by atoms with Gasteiger partial charge in [0.2, 0.25) is 15.9 Å². The molecule has 0 saturated heterocycles. The van der Waals surface area contributed by atoms with E-state index in [1.165, 1.54) is 6.07 Å². The van der Waals surface area contributed by atoms with Crippen LogP contribution in [0.25, 0.3) is 0 Å². The number of rotatable bonds is 6. The SMILES string of the molecule is Cc1cccc(N(CC(=O)NCc2ccccc2F)S(C)(=O)=O)c1C. The highest BCUT2D eigenvalue weighted by atomic mass is 32.2. The maximum absolute atomic E-state index is 13.6. The van der Waals surface area contributed by atoms with Gasteiger partial charge < -0.3 is 5.32 Å². The van der Waals surface area contributed by atoms with Crippen LogP contribution in [0.15, 0.2) is 42.5 Å². The largest absolute Gasteiger partial charge is 0.350 e. The molecule has 1 N–H and O–H groups in total. The predicted octanol–water partition coefficient (Wildman–Crippen LogP) is 2.52. The number of carbonyl (C=O) groups excluding carboxylic acids is 1. The van der Waals surface area contributed by atoms with Gasteiger partial charge in [0.1, 0.15) is 12.4 Å². The molecule has 2 aromatic carbocycles. The third-order valence-electron chi connectivity index (χ3n) is 3.97. The third kappa shape index (κ3) is 4.79. The lowest BCUT2D eigenvalue weighted by atomic mass is 10.1. The lowest BCUT2D eigenvalue weighted by Gasteiger charge is -2.24. The van der Waals surface area contributed by atoms with Crippen molar-refractivity contribution in [2.75, 3.05) is 17.1 Å². The average molecular weight is 364 g/mol. The molecule has 0 heterocycles. The van der Waals surface area contributed by atoms with Gasteiger partial charge in [-0.25, -0.2) is 12.8 Å². The average Bonchev–Trinajstić information content (AvgIpc) is 2.54. The van der Waals surface area contributed by atoms with Crippen LogP contribution in [0.2, 0.25) is 0 Å². The van der Waals surface area contributed by atoms with Crippen molar-refractivity contribution in [1.82, 2.24) is 5.32 Å². The summed E-state index contributed by atoms with van der Waals surface area (Å²) in [5, 5.41) is 2.56. The summed E-state index contributed by atoms with van der Waals surface area (Å²) >= 11 is 0. The molecule has 1 amide bonds. The van der Waals surface area contributed by atoms with Crippen LogP contribution in [0.3, 0.4) is 0 Å². The van der Waals surface area contributed by atoms with Crippen LogP contribution in [0, 0.1) is 19.7 Å². The second-order valence-corrected chi connectivity index (χ2v) is 7.76. The predicted molar refractivity (Wildman–Crippen MR) is 96.4 cm³/mol. The van der Waals surface area contributed by atoms with E-state index < -0.39 is 21.7 Å². The van der Waals surface area contributed by atoms with E-state index >= 15 is 0 Å². The standard InChI is InChI=1S/C18H21FN2O3S/c1-13-7-6-10-17(14(13)2)21(25(3,23)24)12-18(22)20-11-15-8-4-5-9-16(15)19/h4-10H,11-12H2,1-3H3,(H,20,22). The Morgan fingerprint density at radius 2 is 1.80 bits per heavy atom. The van der Waals surface area contributed by atoms with Crippen molar-refractivity contribution in [2.45, 2.75) is 20.4 Å². The Kier molecular flexibility index (Phi) is 5.79. The van der Waals surface area contributed by atoms with Crippen molar-refractivity contribution < 1.29 is 17.6 Å². The van der Waals surface area contributed by atoms with E-state index in [0.717, 1.165) is 21.7 Å². The van der Waals surface area contributed by atoms with Gasteiger partial charge in [-0.15, -0.1) is 0 Å². The maximum Gasteiger partial charge on any atom is 0.241 e. The van der Waals surface area contributed by atoms with Crippen molar-refractivity contribution in [3.63, 3.8) is 0 Å². The molecule has 25 heavy (non-hydrogen) atoms. The van der Waals surface area contributed by atoms with Crippen molar-refractivity contribution in [3.05, 3.63) is 65.0 Å². The topological polar surface area (TPSA) is 66.5 Å². The number of aryl methyl sites for hydroxylation is 1. The summed E-state index contributed by atoms with van der Waals surface area (Å²) in [7, 11) is -3.64. The molecule has 5 nitrogen and oxygen atoms in total. The summed E-state index contributed by atoms with van der Waals surface area (Å²) in [4.78, 5) is 12.2. The number of hydrogen-bond donors (Lipinski definition) is 1. The van der Waals surface area contributed by atoms with E-state index in [1.54, 1.807) is 37.3 Å². The van der Waals surface area contributed by atoms with Crippen molar-refractivity contribution in [3.8, 4) is 0 Å². The highest BCUT2D eigenvalue weighted by Gasteiger charge is 2.22. The van der Waals surface area contributed by atoms with Gasteiger partial charge in [0.25, 0.3) is 0 Å². The molecule has 0 fully saturated rings. The number of amides is 1. The number of nitrogens with one attached hydrogen (secondary N) is 1. The molecular weight excluding hydrogens is 343 g/mol. The Morgan fingerprint density at radius 1 is 1.12 bits per heavy atom.